The van der Waals surface area contributed by atoms with Gasteiger partial charge in [0.1, 0.15) is 113 Å². The van der Waals surface area contributed by atoms with E-state index in [9.17, 15) is 0 Å². The molecule has 8 aromatic carbocycles. The largest absolute Gasteiger partial charge is 0.457 e. The maximum Gasteiger partial charge on any atom is 0.170 e. The molecule has 16 nitrogen and oxygen atoms in total. The van der Waals surface area contributed by atoms with Gasteiger partial charge in [0.2, 0.25) is 0 Å². The first-order valence-electron chi connectivity index (χ1n) is 32.1. The molecule has 3 aliphatic rings. The highest BCUT2D eigenvalue weighted by Gasteiger charge is 2.38. The lowest BCUT2D eigenvalue weighted by Crippen LogP contribution is -2.37. The van der Waals surface area contributed by atoms with E-state index >= 15 is 0 Å². The van der Waals surface area contributed by atoms with Crippen LogP contribution in [-0.4, -0.2) is 42.2 Å². The highest BCUT2D eigenvalue weighted by Crippen LogP contribution is 2.48. The smallest absolute Gasteiger partial charge is 0.170 e. The lowest BCUT2D eigenvalue weighted by molar-refractivity contribution is 0.151. The molecular formula is C80H68Cl4N8O8. The molecule has 5 N–H and O–H groups in total. The SMILES string of the molecule is C#CCOCc1cc(C)cc(C)c1Oc1cc(Cl)c2c(c1)C1Nc3[nH]c(c4cc(Oc5c(C)cc(C)cc5COCC#C)c(Cl)cc34)N=c3[nH]c(c4cc(Oc5c(C)cc(C)cc5COCC#C)cc(Cl)c34)=NC3N=C(NC2N1)c1cc(Oc2c(C)cc(C)cc2COCC#C)c(Cl)cc13. The van der Waals surface area contributed by atoms with Gasteiger partial charge in [-0.15, -0.1) is 25.7 Å². The van der Waals surface area contributed by atoms with E-state index in [-0.39, 0.29) is 52.9 Å². The number of hydrogen-bond donors (Lipinski definition) is 5. The van der Waals surface area contributed by atoms with E-state index in [1.54, 1.807) is 12.1 Å². The zero-order valence-electron chi connectivity index (χ0n) is 56.1. The van der Waals surface area contributed by atoms with Crippen LogP contribution >= 0.6 is 46.4 Å². The van der Waals surface area contributed by atoms with E-state index in [0.717, 1.165) is 72.3 Å². The van der Waals surface area contributed by atoms with Crippen LogP contribution in [0.2, 0.25) is 20.1 Å². The van der Waals surface area contributed by atoms with Crippen LogP contribution < -0.4 is 45.9 Å². The number of rotatable bonds is 20. The van der Waals surface area contributed by atoms with Gasteiger partial charge in [-0.3, -0.25) is 5.32 Å². The first-order chi connectivity index (χ1) is 48.3. The van der Waals surface area contributed by atoms with E-state index < -0.39 is 18.5 Å². The van der Waals surface area contributed by atoms with Crippen LogP contribution in [0.15, 0.2) is 112 Å². The van der Waals surface area contributed by atoms with Gasteiger partial charge in [-0.2, -0.15) is 0 Å². The molecule has 0 amide bonds. The number of anilines is 1. The van der Waals surface area contributed by atoms with Crippen LogP contribution in [0, 0.1) is 105 Å². The Hall–Kier alpha value is -9.89. The minimum absolute atomic E-state index is 0.114. The average Bonchev–Trinajstić information content (AvgIpc) is 1.59. The van der Waals surface area contributed by atoms with Crippen molar-refractivity contribution in [1.82, 2.24) is 20.6 Å². The van der Waals surface area contributed by atoms with Crippen LogP contribution in [0.3, 0.4) is 0 Å². The maximum atomic E-state index is 7.65. The van der Waals surface area contributed by atoms with Crippen molar-refractivity contribution in [3.05, 3.63) is 217 Å². The second-order valence-electron chi connectivity index (χ2n) is 25.0. The predicted octanol–water partition coefficient (Wildman–Crippen LogP) is 17.8. The summed E-state index contributed by atoms with van der Waals surface area (Å²) < 4.78 is 51.0. The first kappa shape index (κ1) is 68.6. The Kier molecular flexibility index (Phi) is 20.0. The van der Waals surface area contributed by atoms with Gasteiger partial charge in [0.25, 0.3) is 0 Å². The van der Waals surface area contributed by atoms with E-state index in [2.05, 4.69) is 55.7 Å². The Morgan fingerprint density at radius 2 is 0.910 bits per heavy atom. The molecule has 0 saturated carbocycles. The standard InChI is InChI=1S/C80H68Cl4N8O8/c1-13-17-93-37-49-25-41(5)21-45(9)69(49)97-53-29-59-67(63(83)31-53)79-89-75-58-36-66(100-72-48(12)24-44(8)28-52(72)40-96-20-16-4)62(82)34-56(58)74(86-75)88-78-60-30-54(98-70-46(10)22-42(6)26-50(70)38-94-18-14-2)32-64(84)68(60)80(92-78)90-76-57-35-65(61(81)33-55(57)73(85-76)87-77(59)91-79)99-71-47(11)23-43(7)27-51(71)39-95-19-15-3/h1-4,21-36,73,78,80,86,88,92H,17-20,37-40H2,5-12H3,(H,85,90)(H,87,89,91). The van der Waals surface area contributed by atoms with Crippen molar-refractivity contribution in [2.45, 2.75) is 100 Å². The van der Waals surface area contributed by atoms with Crippen molar-refractivity contribution < 1.29 is 37.9 Å². The van der Waals surface area contributed by atoms with Gasteiger partial charge in [0.05, 0.1) is 46.5 Å². The molecule has 5 heterocycles. The average molecular weight is 1410 g/mol. The Morgan fingerprint density at radius 1 is 0.430 bits per heavy atom. The molecule has 504 valence electrons. The van der Waals surface area contributed by atoms with E-state index in [1.807, 2.05) is 134 Å². The number of aliphatic imine (C=N–C) groups is 1. The number of nitrogens with one attached hydrogen (secondary N) is 5. The highest BCUT2D eigenvalue weighted by atomic mass is 35.5. The molecule has 0 radical (unpaired) electrons. The number of aromatic nitrogens is 2. The molecule has 0 spiro atoms. The number of H-pyrrole nitrogens is 2. The Morgan fingerprint density at radius 3 is 1.43 bits per heavy atom. The molecule has 3 aliphatic heterocycles. The van der Waals surface area contributed by atoms with Crippen LogP contribution in [-0.2, 0) is 45.4 Å². The molecule has 0 fully saturated rings. The summed E-state index contributed by atoms with van der Waals surface area (Å²) in [6.07, 6.45) is 20.0. The van der Waals surface area contributed by atoms with Gasteiger partial charge in [-0.05, 0) is 120 Å². The van der Waals surface area contributed by atoms with Gasteiger partial charge in [0.15, 0.2) is 6.17 Å². The highest BCUT2D eigenvalue weighted by molar-refractivity contribution is 6.36. The van der Waals surface area contributed by atoms with Crippen molar-refractivity contribution >= 4 is 85.4 Å². The number of amidine groups is 1. The fourth-order valence-electron chi connectivity index (χ4n) is 13.3. The fourth-order valence-corrected chi connectivity index (χ4v) is 14.4. The minimum atomic E-state index is -0.951. The number of hydrogen-bond acceptors (Lipinski definition) is 14. The second-order valence-corrected chi connectivity index (χ2v) is 26.6. The molecule has 0 saturated heterocycles. The molecular weight excluding hydrogens is 1340 g/mol. The molecule has 13 rings (SSSR count). The van der Waals surface area contributed by atoms with Crippen LogP contribution in [0.25, 0.3) is 21.5 Å². The summed E-state index contributed by atoms with van der Waals surface area (Å²) in [7, 11) is 0. The summed E-state index contributed by atoms with van der Waals surface area (Å²) >= 11 is 30.1. The number of terminal acetylenes is 4. The summed E-state index contributed by atoms with van der Waals surface area (Å²) in [4.78, 5) is 23.6. The summed E-state index contributed by atoms with van der Waals surface area (Å²) in [6.45, 7) is 17.3. The molecule has 3 atom stereocenters. The van der Waals surface area contributed by atoms with E-state index in [4.69, 9.17) is 125 Å². The first-order valence-corrected chi connectivity index (χ1v) is 33.6. The monoisotopic (exact) mass is 1410 g/mol. The number of aryl methyl sites for hydroxylation is 8. The van der Waals surface area contributed by atoms with Crippen LogP contribution in [0.4, 0.5) is 11.6 Å². The summed E-state index contributed by atoms with van der Waals surface area (Å²) in [5, 5.41) is 15.0. The van der Waals surface area contributed by atoms with Crippen molar-refractivity contribution in [2.75, 3.05) is 31.7 Å². The third-order valence-corrected chi connectivity index (χ3v) is 18.5. The predicted molar refractivity (Wildman–Crippen MR) is 394 cm³/mol. The lowest BCUT2D eigenvalue weighted by atomic mass is 10.0. The Labute approximate surface area is 599 Å². The molecule has 3 unspecified atom stereocenters. The summed E-state index contributed by atoms with van der Waals surface area (Å²) in [5.74, 6) is 15.5. The van der Waals surface area contributed by atoms with E-state index in [1.165, 1.54) is 0 Å². The van der Waals surface area contributed by atoms with E-state index in [0.29, 0.717) is 133 Å². The second kappa shape index (κ2) is 29.1. The molecule has 20 heteroatoms. The number of halogens is 4. The number of fused-ring (bicyclic) bond motifs is 19. The zero-order chi connectivity index (χ0) is 70.2. The third-order valence-electron chi connectivity index (χ3n) is 17.3. The zero-order valence-corrected chi connectivity index (χ0v) is 59.1. The number of nitrogens with zero attached hydrogens (tertiary/aromatic N) is 3. The minimum Gasteiger partial charge on any atom is -0.457 e. The van der Waals surface area contributed by atoms with Gasteiger partial charge in [0, 0.05) is 72.1 Å². The quantitative estimate of drug-likeness (QED) is 0.0362. The van der Waals surface area contributed by atoms with Gasteiger partial charge in [-0.1, -0.05) is 141 Å². The molecule has 0 aliphatic carbocycles. The molecule has 2 aromatic heterocycles. The summed E-state index contributed by atoms with van der Waals surface area (Å²) in [6, 6.07) is 31.0. The molecule has 8 bridgehead atoms. The van der Waals surface area contributed by atoms with Crippen LogP contribution in [0.5, 0.6) is 46.0 Å². The lowest BCUT2D eigenvalue weighted by Gasteiger charge is -2.20. The fraction of sp³-hybridized carbons (Fsp3) is 0.237. The maximum absolute atomic E-state index is 7.65. The Balaban J connectivity index is 1.04. The number of benzene rings is 8. The number of aromatic amines is 2. The summed E-state index contributed by atoms with van der Waals surface area (Å²) in [5.41, 5.74) is 14.2. The van der Waals surface area contributed by atoms with Gasteiger partial charge in [-0.25, -0.2) is 15.0 Å². The third kappa shape index (κ3) is 14.1. The van der Waals surface area contributed by atoms with Gasteiger partial charge >= 0.3 is 0 Å². The Bertz CT molecular complexity index is 5340. The van der Waals surface area contributed by atoms with Gasteiger partial charge < -0.3 is 58.5 Å². The van der Waals surface area contributed by atoms with Crippen molar-refractivity contribution in [3.8, 4) is 95.4 Å². The number of ether oxygens (including phenoxy) is 8. The van der Waals surface area contributed by atoms with Crippen LogP contribution in [0.1, 0.15) is 108 Å². The normalized spacial score (nSPS) is 14.9. The topological polar surface area (TPSA) is 179 Å². The molecule has 10 aromatic rings. The molecule has 100 heavy (non-hydrogen) atoms. The van der Waals surface area contributed by atoms with Crippen molar-refractivity contribution in [3.63, 3.8) is 0 Å². The van der Waals surface area contributed by atoms with Crippen molar-refractivity contribution in [1.29, 1.82) is 0 Å². The van der Waals surface area contributed by atoms with Crippen molar-refractivity contribution in [2.24, 2.45) is 15.0 Å².